The SMILES string of the molecule is Cc1ccc(C(=O)NC2CCN(C(=O)c3n[nH]c(C(C)C)c3Br)CC2)o1. The molecule has 1 aliphatic heterocycles. The van der Waals surface area contributed by atoms with Crippen molar-refractivity contribution in [2.75, 3.05) is 13.1 Å². The maximum atomic E-state index is 12.7. The maximum Gasteiger partial charge on any atom is 0.287 e. The zero-order valence-electron chi connectivity index (χ0n) is 15.1. The summed E-state index contributed by atoms with van der Waals surface area (Å²) in [7, 11) is 0. The Hall–Kier alpha value is -2.09. The average molecular weight is 423 g/mol. The largest absolute Gasteiger partial charge is 0.456 e. The molecule has 0 bridgehead atoms. The second kappa shape index (κ2) is 7.65. The van der Waals surface area contributed by atoms with Crippen LogP contribution in [0.3, 0.4) is 0 Å². The number of carbonyl (C=O) groups excluding carboxylic acids is 2. The molecule has 7 nitrogen and oxygen atoms in total. The summed E-state index contributed by atoms with van der Waals surface area (Å²) in [6.45, 7) is 7.05. The van der Waals surface area contributed by atoms with Gasteiger partial charge >= 0.3 is 0 Å². The maximum absolute atomic E-state index is 12.7. The fourth-order valence-corrected chi connectivity index (χ4v) is 3.86. The molecule has 8 heteroatoms. The molecule has 0 aromatic carbocycles. The molecule has 3 heterocycles. The first-order valence-corrected chi connectivity index (χ1v) is 9.56. The van der Waals surface area contributed by atoms with Crippen molar-refractivity contribution in [2.45, 2.75) is 45.6 Å². The molecule has 1 saturated heterocycles. The van der Waals surface area contributed by atoms with Crippen LogP contribution in [0.15, 0.2) is 21.0 Å². The van der Waals surface area contributed by atoms with Crippen LogP contribution in [0.5, 0.6) is 0 Å². The molecule has 140 valence electrons. The summed E-state index contributed by atoms with van der Waals surface area (Å²) in [5.41, 5.74) is 1.34. The van der Waals surface area contributed by atoms with E-state index in [2.05, 4.69) is 31.4 Å². The van der Waals surface area contributed by atoms with E-state index in [0.717, 1.165) is 10.2 Å². The van der Waals surface area contributed by atoms with Gasteiger partial charge in [-0.25, -0.2) is 0 Å². The Kier molecular flexibility index (Phi) is 5.50. The van der Waals surface area contributed by atoms with Gasteiger partial charge in [-0.05, 0) is 53.7 Å². The molecule has 26 heavy (non-hydrogen) atoms. The fraction of sp³-hybridized carbons (Fsp3) is 0.500. The van der Waals surface area contributed by atoms with Gasteiger partial charge in [-0.1, -0.05) is 13.8 Å². The van der Waals surface area contributed by atoms with E-state index in [4.69, 9.17) is 4.42 Å². The number of likely N-dealkylation sites (tertiary alicyclic amines) is 1. The van der Waals surface area contributed by atoms with E-state index in [0.29, 0.717) is 43.1 Å². The highest BCUT2D eigenvalue weighted by atomic mass is 79.9. The van der Waals surface area contributed by atoms with Gasteiger partial charge in [0.2, 0.25) is 0 Å². The summed E-state index contributed by atoms with van der Waals surface area (Å²) in [6, 6.07) is 3.47. The summed E-state index contributed by atoms with van der Waals surface area (Å²) < 4.78 is 6.08. The fourth-order valence-electron chi connectivity index (χ4n) is 3.06. The van der Waals surface area contributed by atoms with E-state index >= 15 is 0 Å². The average Bonchev–Trinajstić information content (AvgIpc) is 3.21. The van der Waals surface area contributed by atoms with Gasteiger partial charge in [-0.2, -0.15) is 5.10 Å². The second-order valence-corrected chi connectivity index (χ2v) is 7.70. The van der Waals surface area contributed by atoms with Gasteiger partial charge in [0.15, 0.2) is 11.5 Å². The molecule has 0 unspecified atom stereocenters. The molecule has 0 saturated carbocycles. The lowest BCUT2D eigenvalue weighted by molar-refractivity contribution is 0.0689. The van der Waals surface area contributed by atoms with Crippen molar-refractivity contribution in [1.82, 2.24) is 20.4 Å². The van der Waals surface area contributed by atoms with Gasteiger partial charge in [0.1, 0.15) is 5.76 Å². The number of halogens is 1. The minimum Gasteiger partial charge on any atom is -0.456 e. The van der Waals surface area contributed by atoms with Crippen molar-refractivity contribution in [2.24, 2.45) is 0 Å². The topological polar surface area (TPSA) is 91.2 Å². The Balaban J connectivity index is 1.56. The first-order chi connectivity index (χ1) is 12.4. The Morgan fingerprint density at radius 2 is 2.04 bits per heavy atom. The monoisotopic (exact) mass is 422 g/mol. The summed E-state index contributed by atoms with van der Waals surface area (Å²) in [5.74, 6) is 0.985. The molecule has 0 aliphatic carbocycles. The van der Waals surface area contributed by atoms with E-state index in [1.54, 1.807) is 24.0 Å². The molecular formula is C18H23BrN4O3. The summed E-state index contributed by atoms with van der Waals surface area (Å²) in [6.07, 6.45) is 1.41. The molecule has 3 rings (SSSR count). The zero-order chi connectivity index (χ0) is 18.8. The molecule has 2 amide bonds. The van der Waals surface area contributed by atoms with Crippen molar-refractivity contribution in [3.8, 4) is 0 Å². The smallest absolute Gasteiger partial charge is 0.287 e. The van der Waals surface area contributed by atoms with Crippen LogP contribution in [-0.4, -0.2) is 46.0 Å². The first-order valence-electron chi connectivity index (χ1n) is 8.77. The van der Waals surface area contributed by atoms with Gasteiger partial charge in [-0.3, -0.25) is 14.7 Å². The highest BCUT2D eigenvalue weighted by Crippen LogP contribution is 2.27. The van der Waals surface area contributed by atoms with Crippen LogP contribution in [0.1, 0.15) is 65.1 Å². The van der Waals surface area contributed by atoms with Gasteiger partial charge in [0, 0.05) is 19.1 Å². The summed E-state index contributed by atoms with van der Waals surface area (Å²) >= 11 is 3.48. The van der Waals surface area contributed by atoms with Crippen molar-refractivity contribution >= 4 is 27.7 Å². The number of furan rings is 1. The third-order valence-corrected chi connectivity index (χ3v) is 5.40. The first kappa shape index (κ1) is 18.7. The van der Waals surface area contributed by atoms with Crippen molar-refractivity contribution in [3.05, 3.63) is 39.5 Å². The van der Waals surface area contributed by atoms with Crippen LogP contribution >= 0.6 is 15.9 Å². The number of aromatic nitrogens is 2. The number of hydrogen-bond donors (Lipinski definition) is 2. The summed E-state index contributed by atoms with van der Waals surface area (Å²) in [5, 5.41) is 10.1. The van der Waals surface area contributed by atoms with Crippen LogP contribution < -0.4 is 5.32 Å². The van der Waals surface area contributed by atoms with E-state index in [1.807, 2.05) is 13.8 Å². The van der Waals surface area contributed by atoms with Gasteiger partial charge in [-0.15, -0.1) is 0 Å². The third-order valence-electron chi connectivity index (χ3n) is 4.59. The van der Waals surface area contributed by atoms with Crippen molar-refractivity contribution in [1.29, 1.82) is 0 Å². The van der Waals surface area contributed by atoms with Crippen LogP contribution in [0, 0.1) is 6.92 Å². The van der Waals surface area contributed by atoms with Gasteiger partial charge in [0.25, 0.3) is 11.8 Å². The number of amides is 2. The zero-order valence-corrected chi connectivity index (χ0v) is 16.7. The molecular weight excluding hydrogens is 400 g/mol. The van der Waals surface area contributed by atoms with Crippen LogP contribution in [0.4, 0.5) is 0 Å². The number of aryl methyl sites for hydroxylation is 1. The van der Waals surface area contributed by atoms with Crippen molar-refractivity contribution in [3.63, 3.8) is 0 Å². The van der Waals surface area contributed by atoms with Crippen LogP contribution in [0.25, 0.3) is 0 Å². The minimum absolute atomic E-state index is 0.0332. The predicted octanol–water partition coefficient (Wildman–Crippen LogP) is 3.23. The Labute approximate surface area is 160 Å². The number of H-pyrrole nitrogens is 1. The molecule has 2 aromatic heterocycles. The van der Waals surface area contributed by atoms with Gasteiger partial charge in [0.05, 0.1) is 10.2 Å². The lowest BCUT2D eigenvalue weighted by Crippen LogP contribution is -2.46. The minimum atomic E-state index is -0.209. The highest BCUT2D eigenvalue weighted by Gasteiger charge is 2.28. The number of aromatic amines is 1. The quantitative estimate of drug-likeness (QED) is 0.790. The number of carbonyl (C=O) groups is 2. The highest BCUT2D eigenvalue weighted by molar-refractivity contribution is 9.10. The molecule has 2 aromatic rings. The van der Waals surface area contributed by atoms with Crippen LogP contribution in [-0.2, 0) is 0 Å². The van der Waals surface area contributed by atoms with E-state index < -0.39 is 0 Å². The number of nitrogens with one attached hydrogen (secondary N) is 2. The number of piperidine rings is 1. The van der Waals surface area contributed by atoms with Gasteiger partial charge < -0.3 is 14.6 Å². The molecule has 0 atom stereocenters. The molecule has 0 radical (unpaired) electrons. The second-order valence-electron chi connectivity index (χ2n) is 6.90. The number of hydrogen-bond acceptors (Lipinski definition) is 4. The summed E-state index contributed by atoms with van der Waals surface area (Å²) in [4.78, 5) is 26.7. The Bertz CT molecular complexity index is 803. The third kappa shape index (κ3) is 3.85. The Morgan fingerprint density at radius 3 is 2.58 bits per heavy atom. The normalized spacial score (nSPS) is 15.5. The van der Waals surface area contributed by atoms with Crippen molar-refractivity contribution < 1.29 is 14.0 Å². The number of nitrogens with zero attached hydrogens (tertiary/aromatic N) is 2. The van der Waals surface area contributed by atoms with Crippen LogP contribution in [0.2, 0.25) is 0 Å². The Morgan fingerprint density at radius 1 is 1.35 bits per heavy atom. The number of rotatable bonds is 4. The lowest BCUT2D eigenvalue weighted by atomic mass is 10.0. The lowest BCUT2D eigenvalue weighted by Gasteiger charge is -2.31. The molecule has 1 fully saturated rings. The molecule has 0 spiro atoms. The van der Waals surface area contributed by atoms with E-state index in [-0.39, 0.29) is 23.8 Å². The standard InChI is InChI=1S/C18H23BrN4O3/c1-10(2)15-14(19)16(22-21-15)18(25)23-8-6-12(7-9-23)20-17(24)13-5-4-11(3)26-13/h4-5,10,12H,6-9H2,1-3H3,(H,20,24)(H,21,22). The van der Waals surface area contributed by atoms with E-state index in [1.165, 1.54) is 0 Å². The predicted molar refractivity (Wildman–Crippen MR) is 100 cm³/mol. The van der Waals surface area contributed by atoms with E-state index in [9.17, 15) is 9.59 Å². The molecule has 2 N–H and O–H groups in total. The molecule has 1 aliphatic rings.